The van der Waals surface area contributed by atoms with Gasteiger partial charge in [-0.15, -0.1) is 0 Å². The van der Waals surface area contributed by atoms with Crippen LogP contribution in [0.2, 0.25) is 0 Å². The molecule has 0 unspecified atom stereocenters. The van der Waals surface area contributed by atoms with E-state index in [-0.39, 0.29) is 5.97 Å². The summed E-state index contributed by atoms with van der Waals surface area (Å²) < 4.78 is 7.47. The highest BCUT2D eigenvalue weighted by Gasteiger charge is 2.09. The Balaban J connectivity index is 1.83. The lowest BCUT2D eigenvalue weighted by Gasteiger charge is -2.08. The highest BCUT2D eigenvalue weighted by Crippen LogP contribution is 2.28. The Labute approximate surface area is 129 Å². The van der Waals surface area contributed by atoms with Crippen molar-refractivity contribution in [1.82, 2.24) is 4.57 Å². The number of fused-ring (bicyclic) bond motifs is 3. The minimum absolute atomic E-state index is 0.317. The quantitative estimate of drug-likeness (QED) is 0.399. The van der Waals surface area contributed by atoms with Crippen LogP contribution in [-0.4, -0.2) is 17.1 Å². The zero-order valence-corrected chi connectivity index (χ0v) is 12.7. The Kier molecular flexibility index (Phi) is 3.96. The van der Waals surface area contributed by atoms with Crippen LogP contribution < -0.4 is 0 Å². The number of rotatable bonds is 5. The molecule has 22 heavy (non-hydrogen) atoms. The summed E-state index contributed by atoms with van der Waals surface area (Å²) in [5.41, 5.74) is 2.88. The zero-order chi connectivity index (χ0) is 15.5. The molecule has 0 N–H and O–H groups in total. The van der Waals surface area contributed by atoms with Gasteiger partial charge in [0.25, 0.3) is 0 Å². The smallest absolute Gasteiger partial charge is 0.333 e. The van der Waals surface area contributed by atoms with Crippen LogP contribution >= 0.6 is 0 Å². The topological polar surface area (TPSA) is 31.2 Å². The fourth-order valence-corrected chi connectivity index (χ4v) is 2.75. The van der Waals surface area contributed by atoms with Crippen molar-refractivity contribution in [3.63, 3.8) is 0 Å². The third-order valence-corrected chi connectivity index (χ3v) is 3.79. The van der Waals surface area contributed by atoms with E-state index < -0.39 is 0 Å². The number of nitrogens with zero attached hydrogens (tertiary/aromatic N) is 1. The van der Waals surface area contributed by atoms with Gasteiger partial charge in [0.05, 0.1) is 6.61 Å². The number of ether oxygens (including phenoxy) is 1. The monoisotopic (exact) mass is 293 g/mol. The summed E-state index contributed by atoms with van der Waals surface area (Å²) in [6.07, 6.45) is 0.779. The molecule has 0 bridgehead atoms. The number of carbonyl (C=O) groups excluding carboxylic acids is 1. The molecule has 1 heterocycles. The molecule has 0 saturated heterocycles. The van der Waals surface area contributed by atoms with Crippen LogP contribution in [-0.2, 0) is 16.1 Å². The van der Waals surface area contributed by atoms with Crippen LogP contribution in [0.5, 0.6) is 0 Å². The maximum atomic E-state index is 11.4. The molecule has 0 spiro atoms. The number of hydrogen-bond acceptors (Lipinski definition) is 2. The summed E-state index contributed by atoms with van der Waals surface area (Å²) in [6.45, 7) is 6.47. The maximum absolute atomic E-state index is 11.4. The molecule has 0 saturated carbocycles. The summed E-state index contributed by atoms with van der Waals surface area (Å²) in [4.78, 5) is 11.4. The van der Waals surface area contributed by atoms with Crippen LogP contribution in [0, 0.1) is 0 Å². The predicted molar refractivity (Wildman–Crippen MR) is 89.8 cm³/mol. The van der Waals surface area contributed by atoms with Gasteiger partial charge in [0, 0.05) is 33.9 Å². The average molecular weight is 293 g/mol. The lowest BCUT2D eigenvalue weighted by atomic mass is 10.2. The molecule has 0 radical (unpaired) electrons. The molecular weight excluding hydrogens is 274 g/mol. The van der Waals surface area contributed by atoms with Gasteiger partial charge in [-0.3, -0.25) is 0 Å². The van der Waals surface area contributed by atoms with Crippen molar-refractivity contribution in [3.8, 4) is 0 Å². The molecule has 112 valence electrons. The lowest BCUT2D eigenvalue weighted by molar-refractivity contribution is -0.139. The van der Waals surface area contributed by atoms with E-state index in [1.807, 2.05) is 0 Å². The standard InChI is InChI=1S/C19H19NO2/c1-14(2)19(21)22-13-7-12-20-17-10-5-3-8-15(17)16-9-4-6-11-18(16)20/h3-6,8-11H,1,7,12-13H2,2H3. The number of benzene rings is 2. The van der Waals surface area contributed by atoms with Crippen LogP contribution in [0.15, 0.2) is 60.7 Å². The van der Waals surface area contributed by atoms with E-state index in [0.29, 0.717) is 12.2 Å². The second-order valence-electron chi connectivity index (χ2n) is 5.46. The van der Waals surface area contributed by atoms with Crippen molar-refractivity contribution in [3.05, 3.63) is 60.7 Å². The first kappa shape index (κ1) is 14.4. The molecule has 0 atom stereocenters. The SMILES string of the molecule is C=C(C)C(=O)OCCCn1c2ccccc2c2ccccc21. The number of aromatic nitrogens is 1. The number of hydrogen-bond donors (Lipinski definition) is 0. The fraction of sp³-hybridized carbons (Fsp3) is 0.211. The van der Waals surface area contributed by atoms with Gasteiger partial charge in [0.1, 0.15) is 0 Å². The third-order valence-electron chi connectivity index (χ3n) is 3.79. The van der Waals surface area contributed by atoms with Crippen molar-refractivity contribution in [2.45, 2.75) is 19.9 Å². The Hall–Kier alpha value is -2.55. The largest absolute Gasteiger partial charge is 0.462 e. The van der Waals surface area contributed by atoms with Gasteiger partial charge in [-0.25, -0.2) is 4.79 Å². The van der Waals surface area contributed by atoms with Crippen molar-refractivity contribution in [1.29, 1.82) is 0 Å². The molecule has 1 aromatic heterocycles. The van der Waals surface area contributed by atoms with Crippen molar-refractivity contribution >= 4 is 27.8 Å². The van der Waals surface area contributed by atoms with Gasteiger partial charge in [-0.1, -0.05) is 43.0 Å². The number of aryl methyl sites for hydroxylation is 1. The molecule has 0 aliphatic carbocycles. The van der Waals surface area contributed by atoms with E-state index in [4.69, 9.17) is 4.74 Å². The Bertz CT molecular complexity index is 792. The summed E-state index contributed by atoms with van der Waals surface area (Å²) >= 11 is 0. The number of para-hydroxylation sites is 2. The minimum Gasteiger partial charge on any atom is -0.462 e. The summed E-state index contributed by atoms with van der Waals surface area (Å²) in [7, 11) is 0. The Morgan fingerprint density at radius 1 is 1.05 bits per heavy atom. The molecule has 3 nitrogen and oxygen atoms in total. The predicted octanol–water partition coefficient (Wildman–Crippen LogP) is 4.30. The lowest BCUT2D eigenvalue weighted by Crippen LogP contribution is -2.08. The van der Waals surface area contributed by atoms with Crippen molar-refractivity contribution < 1.29 is 9.53 Å². The van der Waals surface area contributed by atoms with Gasteiger partial charge < -0.3 is 9.30 Å². The van der Waals surface area contributed by atoms with E-state index >= 15 is 0 Å². The summed E-state index contributed by atoms with van der Waals surface area (Å²) in [5.74, 6) is -0.317. The molecule has 3 heteroatoms. The van der Waals surface area contributed by atoms with Crippen molar-refractivity contribution in [2.75, 3.05) is 6.61 Å². The van der Waals surface area contributed by atoms with Gasteiger partial charge in [0.15, 0.2) is 0 Å². The van der Waals surface area contributed by atoms with E-state index in [0.717, 1.165) is 13.0 Å². The molecule has 0 amide bonds. The van der Waals surface area contributed by atoms with Gasteiger partial charge >= 0.3 is 5.97 Å². The van der Waals surface area contributed by atoms with Crippen molar-refractivity contribution in [2.24, 2.45) is 0 Å². The van der Waals surface area contributed by atoms with E-state index in [1.54, 1.807) is 6.92 Å². The molecule has 0 fully saturated rings. The van der Waals surface area contributed by atoms with Gasteiger partial charge in [-0.2, -0.15) is 0 Å². The van der Waals surface area contributed by atoms with Crippen LogP contribution in [0.25, 0.3) is 21.8 Å². The molecule has 3 aromatic rings. The van der Waals surface area contributed by atoms with E-state index in [2.05, 4.69) is 59.7 Å². The first-order valence-electron chi connectivity index (χ1n) is 7.47. The number of esters is 1. The fourth-order valence-electron chi connectivity index (χ4n) is 2.75. The second-order valence-corrected chi connectivity index (χ2v) is 5.46. The zero-order valence-electron chi connectivity index (χ0n) is 12.7. The second kappa shape index (κ2) is 6.06. The van der Waals surface area contributed by atoms with E-state index in [1.165, 1.54) is 21.8 Å². The van der Waals surface area contributed by atoms with Gasteiger partial charge in [0.2, 0.25) is 0 Å². The molecule has 0 aliphatic rings. The highest BCUT2D eigenvalue weighted by atomic mass is 16.5. The highest BCUT2D eigenvalue weighted by molar-refractivity contribution is 6.07. The molecular formula is C19H19NO2. The summed E-state index contributed by atoms with van der Waals surface area (Å²) in [6, 6.07) is 16.8. The molecule has 0 aliphatic heterocycles. The molecule has 2 aromatic carbocycles. The Morgan fingerprint density at radius 2 is 1.59 bits per heavy atom. The van der Waals surface area contributed by atoms with Crippen LogP contribution in [0.1, 0.15) is 13.3 Å². The molecule has 3 rings (SSSR count). The third kappa shape index (κ3) is 2.62. The maximum Gasteiger partial charge on any atom is 0.333 e. The summed E-state index contributed by atoms with van der Waals surface area (Å²) in [5, 5.41) is 2.52. The average Bonchev–Trinajstić information content (AvgIpc) is 2.86. The Morgan fingerprint density at radius 3 is 2.14 bits per heavy atom. The number of carbonyl (C=O) groups is 1. The first-order chi connectivity index (χ1) is 10.7. The normalized spacial score (nSPS) is 11.0. The minimum atomic E-state index is -0.317. The first-order valence-corrected chi connectivity index (χ1v) is 7.47. The van der Waals surface area contributed by atoms with Crippen LogP contribution in [0.4, 0.5) is 0 Å². The van der Waals surface area contributed by atoms with E-state index in [9.17, 15) is 4.79 Å². The van der Waals surface area contributed by atoms with Crippen LogP contribution in [0.3, 0.4) is 0 Å². The van der Waals surface area contributed by atoms with Gasteiger partial charge in [-0.05, 0) is 25.5 Å².